The van der Waals surface area contributed by atoms with Crippen molar-refractivity contribution in [2.24, 2.45) is 5.41 Å². The average Bonchev–Trinajstić information content (AvgIpc) is 2.84. The van der Waals surface area contributed by atoms with Gasteiger partial charge in [-0.3, -0.25) is 9.59 Å². The smallest absolute Gasteiger partial charge is 0.312 e. The van der Waals surface area contributed by atoms with Gasteiger partial charge in [0, 0.05) is 38.4 Å². The fourth-order valence-corrected chi connectivity index (χ4v) is 4.86. The maximum absolute atomic E-state index is 13.1. The minimum absolute atomic E-state index is 0.0279. The number of benzene rings is 2. The molecule has 1 spiro atoms. The first-order valence-electron chi connectivity index (χ1n) is 11.9. The van der Waals surface area contributed by atoms with Gasteiger partial charge in [0.05, 0.1) is 5.41 Å². The van der Waals surface area contributed by atoms with Crippen LogP contribution >= 0.6 is 0 Å². The highest BCUT2D eigenvalue weighted by molar-refractivity contribution is 5.95. The molecule has 2 aliphatic heterocycles. The van der Waals surface area contributed by atoms with Gasteiger partial charge in [0.15, 0.2) is 0 Å². The van der Waals surface area contributed by atoms with Crippen LogP contribution in [0.4, 0.5) is 5.69 Å². The van der Waals surface area contributed by atoms with Gasteiger partial charge in [-0.05, 0) is 61.9 Å². The summed E-state index contributed by atoms with van der Waals surface area (Å²) in [6, 6.07) is 15.8. The van der Waals surface area contributed by atoms with Crippen LogP contribution in [0.2, 0.25) is 0 Å². The molecule has 176 valence electrons. The summed E-state index contributed by atoms with van der Waals surface area (Å²) < 4.78 is 11.5. The Bertz CT molecular complexity index is 980. The van der Waals surface area contributed by atoms with Gasteiger partial charge in [0.25, 0.3) is 5.91 Å². The average molecular weight is 451 g/mol. The Balaban J connectivity index is 1.42. The van der Waals surface area contributed by atoms with E-state index in [-0.39, 0.29) is 18.5 Å². The third-order valence-corrected chi connectivity index (χ3v) is 6.95. The highest BCUT2D eigenvalue weighted by atomic mass is 16.6. The van der Waals surface area contributed by atoms with Gasteiger partial charge in [0.2, 0.25) is 0 Å². The lowest BCUT2D eigenvalue weighted by atomic mass is 9.74. The molecule has 1 amide bonds. The predicted octanol–water partition coefficient (Wildman–Crippen LogP) is 4.32. The summed E-state index contributed by atoms with van der Waals surface area (Å²) in [6.45, 7) is 1.74. The summed E-state index contributed by atoms with van der Waals surface area (Å²) in [6.07, 6.45) is 4.96. The quantitative estimate of drug-likeness (QED) is 0.638. The molecule has 0 N–H and O–H groups in total. The number of likely N-dealkylation sites (tertiary alicyclic amines) is 1. The molecule has 33 heavy (non-hydrogen) atoms. The summed E-state index contributed by atoms with van der Waals surface area (Å²) in [5, 5.41) is 0. The topological polar surface area (TPSA) is 59.1 Å². The first-order chi connectivity index (χ1) is 16.0. The molecule has 4 rings (SSSR count). The molecule has 6 nitrogen and oxygen atoms in total. The third kappa shape index (κ3) is 5.32. The monoisotopic (exact) mass is 450 g/mol. The number of fused-ring (bicyclic) bond motifs is 1. The van der Waals surface area contributed by atoms with Gasteiger partial charge in [-0.2, -0.15) is 0 Å². The number of cyclic esters (lactones) is 1. The van der Waals surface area contributed by atoms with Crippen molar-refractivity contribution >= 4 is 17.6 Å². The summed E-state index contributed by atoms with van der Waals surface area (Å²) in [5.41, 5.74) is 2.38. The van der Waals surface area contributed by atoms with E-state index >= 15 is 0 Å². The molecule has 1 saturated heterocycles. The Morgan fingerprint density at radius 1 is 0.939 bits per heavy atom. The van der Waals surface area contributed by atoms with Gasteiger partial charge < -0.3 is 19.3 Å². The number of rotatable bonds is 2. The van der Waals surface area contributed by atoms with Crippen LogP contribution in [0.25, 0.3) is 0 Å². The molecule has 2 aromatic carbocycles. The molecule has 2 aromatic rings. The summed E-state index contributed by atoms with van der Waals surface area (Å²) in [7, 11) is 3.93. The van der Waals surface area contributed by atoms with Crippen LogP contribution in [0, 0.1) is 5.41 Å². The van der Waals surface area contributed by atoms with Crippen molar-refractivity contribution in [3.63, 3.8) is 0 Å². The lowest BCUT2D eigenvalue weighted by molar-refractivity contribution is -0.160. The van der Waals surface area contributed by atoms with E-state index in [4.69, 9.17) is 9.47 Å². The highest BCUT2D eigenvalue weighted by Crippen LogP contribution is 2.39. The first-order valence-corrected chi connectivity index (χ1v) is 11.9. The van der Waals surface area contributed by atoms with Crippen molar-refractivity contribution in [1.29, 1.82) is 0 Å². The third-order valence-electron chi connectivity index (χ3n) is 6.95. The Hall–Kier alpha value is -3.02. The lowest BCUT2D eigenvalue weighted by Crippen LogP contribution is -2.47. The fraction of sp³-hybridized carbons (Fsp3) is 0.481. The molecule has 0 radical (unpaired) electrons. The van der Waals surface area contributed by atoms with Gasteiger partial charge in [-0.15, -0.1) is 0 Å². The first kappa shape index (κ1) is 23.1. The van der Waals surface area contributed by atoms with Crippen LogP contribution in [0.5, 0.6) is 5.75 Å². The molecule has 1 fully saturated rings. The largest absolute Gasteiger partial charge is 0.490 e. The van der Waals surface area contributed by atoms with E-state index in [0.717, 1.165) is 37.1 Å². The maximum Gasteiger partial charge on any atom is 0.312 e. The Morgan fingerprint density at radius 2 is 1.70 bits per heavy atom. The zero-order chi connectivity index (χ0) is 23.3. The lowest BCUT2D eigenvalue weighted by Gasteiger charge is -2.40. The number of carbonyl (C=O) groups excluding carboxylic acids is 2. The van der Waals surface area contributed by atoms with Gasteiger partial charge in [-0.25, -0.2) is 0 Å². The van der Waals surface area contributed by atoms with Crippen LogP contribution in [-0.2, 0) is 16.0 Å². The molecule has 0 bridgehead atoms. The molecule has 0 atom stereocenters. The molecule has 0 saturated carbocycles. The normalized spacial score (nSPS) is 18.8. The number of para-hydroxylation sites is 1. The maximum atomic E-state index is 13.1. The van der Waals surface area contributed by atoms with E-state index in [0.29, 0.717) is 38.1 Å². The second kappa shape index (κ2) is 10.3. The minimum Gasteiger partial charge on any atom is -0.490 e. The molecule has 6 heteroatoms. The van der Waals surface area contributed by atoms with E-state index < -0.39 is 5.41 Å². The molecular weight excluding hydrogens is 416 g/mol. The molecule has 2 aliphatic rings. The van der Waals surface area contributed by atoms with Crippen LogP contribution in [0.3, 0.4) is 0 Å². The van der Waals surface area contributed by atoms with E-state index in [2.05, 4.69) is 6.07 Å². The number of ether oxygens (including phenoxy) is 2. The number of hydrogen-bond acceptors (Lipinski definition) is 5. The van der Waals surface area contributed by atoms with Crippen molar-refractivity contribution in [3.8, 4) is 5.75 Å². The second-order valence-corrected chi connectivity index (χ2v) is 9.32. The number of carbonyl (C=O) groups is 2. The standard InChI is InChI=1S/C27H34N2O4/c1-28(2)23-11-7-10-22(20-23)25(30)29-16-14-27(15-17-29)13-6-5-9-21-8-3-4-12-24(21)32-18-19-33-26(27)31/h3-4,7-8,10-12,20H,5-6,9,13-19H2,1-2H3. The van der Waals surface area contributed by atoms with Crippen molar-refractivity contribution in [3.05, 3.63) is 59.7 Å². The number of aryl methyl sites for hydroxylation is 1. The Kier molecular flexibility index (Phi) is 7.21. The number of anilines is 1. The van der Waals surface area contributed by atoms with E-state index in [1.807, 2.05) is 66.4 Å². The molecule has 0 aliphatic carbocycles. The predicted molar refractivity (Wildman–Crippen MR) is 129 cm³/mol. The van der Waals surface area contributed by atoms with Gasteiger partial charge >= 0.3 is 5.97 Å². The summed E-state index contributed by atoms with van der Waals surface area (Å²) in [5.74, 6) is 0.774. The molecular formula is C27H34N2O4. The van der Waals surface area contributed by atoms with E-state index in [1.54, 1.807) is 0 Å². The molecule has 2 heterocycles. The van der Waals surface area contributed by atoms with E-state index in [9.17, 15) is 9.59 Å². The zero-order valence-electron chi connectivity index (χ0n) is 19.7. The molecule has 0 unspecified atom stereocenters. The van der Waals surface area contributed by atoms with Crippen LogP contribution in [0.15, 0.2) is 48.5 Å². The van der Waals surface area contributed by atoms with Crippen molar-refractivity contribution < 1.29 is 19.1 Å². The van der Waals surface area contributed by atoms with Crippen LogP contribution in [-0.4, -0.2) is 57.2 Å². The number of esters is 1. The van der Waals surface area contributed by atoms with Crippen molar-refractivity contribution in [2.75, 3.05) is 45.3 Å². The second-order valence-electron chi connectivity index (χ2n) is 9.32. The fourth-order valence-electron chi connectivity index (χ4n) is 4.86. The minimum atomic E-state index is -0.513. The highest BCUT2D eigenvalue weighted by Gasteiger charge is 2.43. The van der Waals surface area contributed by atoms with Gasteiger partial charge in [-0.1, -0.05) is 30.7 Å². The van der Waals surface area contributed by atoms with Crippen molar-refractivity contribution in [2.45, 2.75) is 38.5 Å². The number of nitrogens with zero attached hydrogens (tertiary/aromatic N) is 2. The summed E-state index contributed by atoms with van der Waals surface area (Å²) in [4.78, 5) is 30.1. The summed E-state index contributed by atoms with van der Waals surface area (Å²) >= 11 is 0. The van der Waals surface area contributed by atoms with Crippen molar-refractivity contribution in [1.82, 2.24) is 4.90 Å². The Labute approximate surface area is 196 Å². The SMILES string of the molecule is CN(C)c1cccc(C(=O)N2CCC3(CCCCc4ccccc4OCCOC3=O)CC2)c1. The molecule has 0 aromatic heterocycles. The van der Waals surface area contributed by atoms with Crippen LogP contribution in [0.1, 0.15) is 48.0 Å². The zero-order valence-corrected chi connectivity index (χ0v) is 19.7. The van der Waals surface area contributed by atoms with E-state index in [1.165, 1.54) is 5.56 Å². The number of piperidine rings is 1. The Morgan fingerprint density at radius 3 is 2.48 bits per heavy atom. The van der Waals surface area contributed by atoms with Gasteiger partial charge in [0.1, 0.15) is 19.0 Å². The van der Waals surface area contributed by atoms with Crippen LogP contribution < -0.4 is 9.64 Å². The number of hydrogen-bond donors (Lipinski definition) is 0. The number of amides is 1.